The van der Waals surface area contributed by atoms with Crippen LogP contribution in [0.1, 0.15) is 54.6 Å². The number of nitrogens with zero attached hydrogens (tertiary/aromatic N) is 2. The molecule has 4 rings (SSSR count). The van der Waals surface area contributed by atoms with Gasteiger partial charge in [-0.05, 0) is 49.4 Å². The Hall–Kier alpha value is -3.28. The van der Waals surface area contributed by atoms with Gasteiger partial charge in [0.25, 0.3) is 5.91 Å². The van der Waals surface area contributed by atoms with E-state index in [1.807, 2.05) is 13.8 Å². The number of para-hydroxylation sites is 1. The number of alkyl halides is 6. The van der Waals surface area contributed by atoms with Crippen LogP contribution in [0.3, 0.4) is 0 Å². The molecule has 2 aromatic carbocycles. The summed E-state index contributed by atoms with van der Waals surface area (Å²) in [6.07, 6.45) is -10.1. The van der Waals surface area contributed by atoms with Crippen LogP contribution in [-0.4, -0.2) is 60.3 Å². The maximum atomic E-state index is 13.3. The smallest absolute Gasteiger partial charge is 0.490 e. The molecule has 2 saturated heterocycles. The van der Waals surface area contributed by atoms with Gasteiger partial charge in [0, 0.05) is 42.7 Å². The average molecular weight is 587 g/mol. The largest absolute Gasteiger partial charge is 0.493 e. The lowest BCUT2D eigenvalue weighted by Crippen LogP contribution is -2.51. The molecule has 1 spiro atoms. The zero-order valence-corrected chi connectivity index (χ0v) is 22.7. The third-order valence-corrected chi connectivity index (χ3v) is 7.60. The van der Waals surface area contributed by atoms with E-state index in [1.165, 1.54) is 11.0 Å². The molecule has 2 fully saturated rings. The Morgan fingerprint density at radius 3 is 2.24 bits per heavy atom. The van der Waals surface area contributed by atoms with Crippen molar-refractivity contribution < 1.29 is 45.4 Å². The minimum Gasteiger partial charge on any atom is -0.493 e. The fourth-order valence-corrected chi connectivity index (χ4v) is 5.44. The van der Waals surface area contributed by atoms with Crippen LogP contribution in [-0.2, 0) is 22.3 Å². The number of piperidine rings is 1. The van der Waals surface area contributed by atoms with Crippen molar-refractivity contribution in [3.63, 3.8) is 0 Å². The Labute approximate surface area is 234 Å². The first kappa shape index (κ1) is 30.7. The molecule has 1 amide bonds. The Balaban J connectivity index is 1.53. The van der Waals surface area contributed by atoms with Gasteiger partial charge in [0.15, 0.2) is 6.23 Å². The number of carbonyl (C=O) groups is 2. The van der Waals surface area contributed by atoms with Crippen LogP contribution in [0.25, 0.3) is 0 Å². The van der Waals surface area contributed by atoms with E-state index in [-0.39, 0.29) is 44.0 Å². The van der Waals surface area contributed by atoms with Crippen LogP contribution in [0.5, 0.6) is 5.75 Å². The monoisotopic (exact) mass is 586 g/mol. The number of hydrogen-bond acceptors (Lipinski definition) is 5. The van der Waals surface area contributed by atoms with Crippen molar-refractivity contribution in [1.82, 2.24) is 9.80 Å². The number of halogens is 6. The number of amides is 1. The summed E-state index contributed by atoms with van der Waals surface area (Å²) in [6, 6.07) is 11.3. The third kappa shape index (κ3) is 7.14. The van der Waals surface area contributed by atoms with Gasteiger partial charge < -0.3 is 14.4 Å². The predicted molar refractivity (Wildman–Crippen MR) is 137 cm³/mol. The van der Waals surface area contributed by atoms with Crippen molar-refractivity contribution in [2.24, 2.45) is 11.3 Å². The summed E-state index contributed by atoms with van der Waals surface area (Å²) >= 11 is 0. The summed E-state index contributed by atoms with van der Waals surface area (Å²) in [4.78, 5) is 28.1. The minimum atomic E-state index is -5.19. The van der Waals surface area contributed by atoms with Crippen LogP contribution in [0, 0.1) is 11.3 Å². The standard InChI is InChI=1S/C29H32F6N2O4/c1-19(2)18-40-23-9-4-3-6-21(23)17-37-15-12-27(25(37)41-26(39)29(33,34)35)10-13-36(14-11-27)24(38)20-7-5-8-22(16-20)28(30,31)32/h3-9,16,19,25H,10-15,17-18H2,1-2H3. The highest BCUT2D eigenvalue weighted by Crippen LogP contribution is 2.47. The summed E-state index contributed by atoms with van der Waals surface area (Å²) in [7, 11) is 0. The van der Waals surface area contributed by atoms with Crippen molar-refractivity contribution in [3.8, 4) is 5.75 Å². The highest BCUT2D eigenvalue weighted by Gasteiger charge is 2.54. The van der Waals surface area contributed by atoms with E-state index in [2.05, 4.69) is 0 Å². The molecule has 12 heteroatoms. The van der Waals surface area contributed by atoms with Gasteiger partial charge in [-0.15, -0.1) is 0 Å². The van der Waals surface area contributed by atoms with Crippen LogP contribution in [0.4, 0.5) is 26.3 Å². The SMILES string of the molecule is CC(C)COc1ccccc1CN1CCC2(CCN(C(=O)c3cccc(C(F)(F)F)c3)CC2)C1OC(=O)C(F)(F)F. The summed E-state index contributed by atoms with van der Waals surface area (Å²) < 4.78 is 90.3. The first-order valence-corrected chi connectivity index (χ1v) is 13.4. The molecular weight excluding hydrogens is 554 g/mol. The quantitative estimate of drug-likeness (QED) is 0.282. The fourth-order valence-electron chi connectivity index (χ4n) is 5.44. The van der Waals surface area contributed by atoms with E-state index in [0.717, 1.165) is 23.8 Å². The highest BCUT2D eigenvalue weighted by molar-refractivity contribution is 5.94. The van der Waals surface area contributed by atoms with Gasteiger partial charge >= 0.3 is 18.3 Å². The van der Waals surface area contributed by atoms with Crippen molar-refractivity contribution in [1.29, 1.82) is 0 Å². The zero-order valence-electron chi connectivity index (χ0n) is 22.7. The van der Waals surface area contributed by atoms with E-state index in [1.54, 1.807) is 29.2 Å². The lowest BCUT2D eigenvalue weighted by molar-refractivity contribution is -0.220. The van der Waals surface area contributed by atoms with Crippen LogP contribution >= 0.6 is 0 Å². The first-order valence-electron chi connectivity index (χ1n) is 13.4. The molecule has 224 valence electrons. The zero-order chi connectivity index (χ0) is 30.0. The van der Waals surface area contributed by atoms with E-state index in [0.29, 0.717) is 25.3 Å². The molecule has 0 N–H and O–H groups in total. The Morgan fingerprint density at radius 1 is 0.951 bits per heavy atom. The van der Waals surface area contributed by atoms with Crippen molar-refractivity contribution in [2.75, 3.05) is 26.2 Å². The van der Waals surface area contributed by atoms with Gasteiger partial charge in [-0.3, -0.25) is 9.69 Å². The second-order valence-electron chi connectivity index (χ2n) is 11.0. The Bertz CT molecular complexity index is 1240. The lowest BCUT2D eigenvalue weighted by atomic mass is 9.76. The Kier molecular flexibility index (Phi) is 8.91. The summed E-state index contributed by atoms with van der Waals surface area (Å²) in [5, 5.41) is 0. The first-order chi connectivity index (χ1) is 19.2. The molecule has 1 unspecified atom stereocenters. The van der Waals surface area contributed by atoms with E-state index < -0.39 is 41.4 Å². The summed E-state index contributed by atoms with van der Waals surface area (Å²) in [6.45, 7) is 5.14. The molecule has 6 nitrogen and oxygen atoms in total. The van der Waals surface area contributed by atoms with Gasteiger partial charge in [-0.2, -0.15) is 26.3 Å². The molecule has 2 heterocycles. The fraction of sp³-hybridized carbons (Fsp3) is 0.517. The molecule has 41 heavy (non-hydrogen) atoms. The molecule has 2 aromatic rings. The normalized spacial score (nSPS) is 19.5. The number of carbonyl (C=O) groups excluding carboxylic acids is 2. The van der Waals surface area contributed by atoms with Gasteiger partial charge in [-0.1, -0.05) is 38.1 Å². The molecule has 0 saturated carbocycles. The van der Waals surface area contributed by atoms with Crippen LogP contribution in [0.2, 0.25) is 0 Å². The molecule has 1 atom stereocenters. The summed E-state index contributed by atoms with van der Waals surface area (Å²) in [5.74, 6) is -2.05. The third-order valence-electron chi connectivity index (χ3n) is 7.60. The highest BCUT2D eigenvalue weighted by atomic mass is 19.4. The van der Waals surface area contributed by atoms with Crippen molar-refractivity contribution in [2.45, 2.75) is 58.2 Å². The average Bonchev–Trinajstić information content (AvgIpc) is 3.23. The molecule has 2 aliphatic heterocycles. The molecule has 2 aliphatic rings. The maximum Gasteiger partial charge on any atom is 0.490 e. The van der Waals surface area contributed by atoms with E-state index in [4.69, 9.17) is 9.47 Å². The number of benzene rings is 2. The van der Waals surface area contributed by atoms with Gasteiger partial charge in [0.2, 0.25) is 0 Å². The van der Waals surface area contributed by atoms with Crippen LogP contribution in [0.15, 0.2) is 48.5 Å². The number of esters is 1. The van der Waals surface area contributed by atoms with Crippen molar-refractivity contribution in [3.05, 3.63) is 65.2 Å². The van der Waals surface area contributed by atoms with Gasteiger partial charge in [-0.25, -0.2) is 4.79 Å². The second kappa shape index (κ2) is 11.9. The maximum absolute atomic E-state index is 13.3. The second-order valence-corrected chi connectivity index (χ2v) is 11.0. The Morgan fingerprint density at radius 2 is 1.61 bits per heavy atom. The number of ether oxygens (including phenoxy) is 2. The molecular formula is C29H32F6N2O4. The molecule has 0 radical (unpaired) electrons. The van der Waals surface area contributed by atoms with Crippen molar-refractivity contribution >= 4 is 11.9 Å². The van der Waals surface area contributed by atoms with Crippen LogP contribution < -0.4 is 4.74 Å². The van der Waals surface area contributed by atoms with E-state index >= 15 is 0 Å². The van der Waals surface area contributed by atoms with E-state index in [9.17, 15) is 35.9 Å². The molecule has 0 bridgehead atoms. The van der Waals surface area contributed by atoms with Gasteiger partial charge in [0.1, 0.15) is 5.75 Å². The molecule has 0 aliphatic carbocycles. The number of rotatable bonds is 7. The van der Waals surface area contributed by atoms with Gasteiger partial charge in [0.05, 0.1) is 12.2 Å². The topological polar surface area (TPSA) is 59.1 Å². The number of hydrogen-bond donors (Lipinski definition) is 0. The minimum absolute atomic E-state index is 0.0943. The molecule has 0 aromatic heterocycles. The predicted octanol–water partition coefficient (Wildman–Crippen LogP) is 6.30. The number of likely N-dealkylation sites (tertiary alicyclic amines) is 2. The lowest BCUT2D eigenvalue weighted by Gasteiger charge is -2.43. The summed E-state index contributed by atoms with van der Waals surface area (Å²) in [5.41, 5.74) is -1.20.